The molecule has 104 valence electrons. The molecule has 0 amide bonds. The van der Waals surface area contributed by atoms with Crippen LogP contribution in [0.25, 0.3) is 10.8 Å². The molecule has 4 nitrogen and oxygen atoms in total. The van der Waals surface area contributed by atoms with E-state index in [0.29, 0.717) is 5.69 Å². The Morgan fingerprint density at radius 2 is 2.00 bits per heavy atom. The molecule has 0 bridgehead atoms. The Morgan fingerprint density at radius 1 is 1.14 bits per heavy atom. The van der Waals surface area contributed by atoms with Crippen LogP contribution in [0, 0.1) is 6.92 Å². The number of aromatic nitrogens is 1. The van der Waals surface area contributed by atoms with Gasteiger partial charge in [-0.15, -0.1) is 0 Å². The van der Waals surface area contributed by atoms with Gasteiger partial charge in [-0.1, -0.05) is 18.2 Å². The fourth-order valence-electron chi connectivity index (χ4n) is 2.32. The molecular weight excluding hydrogens is 264 g/mol. The number of rotatable bonds is 3. The standard InChI is InChI=1S/C17H14N2O2/c1-11-5-6-14(17(20)21)16(9-11)19-15-4-2-3-12-10-18-8-7-13(12)15/h2-10,19H,1H3,(H,20,21). The molecule has 0 unspecified atom stereocenters. The van der Waals surface area contributed by atoms with E-state index >= 15 is 0 Å². The zero-order valence-electron chi connectivity index (χ0n) is 11.5. The monoisotopic (exact) mass is 278 g/mol. The summed E-state index contributed by atoms with van der Waals surface area (Å²) in [6, 6.07) is 13.0. The molecule has 2 aromatic carbocycles. The summed E-state index contributed by atoms with van der Waals surface area (Å²) >= 11 is 0. The van der Waals surface area contributed by atoms with Crippen molar-refractivity contribution >= 4 is 28.1 Å². The van der Waals surface area contributed by atoms with Crippen LogP contribution < -0.4 is 5.32 Å². The lowest BCUT2D eigenvalue weighted by Crippen LogP contribution is -2.03. The zero-order valence-corrected chi connectivity index (χ0v) is 11.5. The van der Waals surface area contributed by atoms with Gasteiger partial charge in [-0.2, -0.15) is 0 Å². The first-order valence-corrected chi connectivity index (χ1v) is 6.59. The van der Waals surface area contributed by atoms with E-state index in [4.69, 9.17) is 0 Å². The third kappa shape index (κ3) is 2.56. The maximum absolute atomic E-state index is 11.3. The van der Waals surface area contributed by atoms with Gasteiger partial charge >= 0.3 is 5.97 Å². The largest absolute Gasteiger partial charge is 0.478 e. The van der Waals surface area contributed by atoms with Gasteiger partial charge in [0, 0.05) is 28.9 Å². The van der Waals surface area contributed by atoms with Crippen LogP contribution in [0.5, 0.6) is 0 Å². The first kappa shape index (κ1) is 13.1. The molecular formula is C17H14N2O2. The van der Waals surface area contributed by atoms with Crippen LogP contribution >= 0.6 is 0 Å². The van der Waals surface area contributed by atoms with Gasteiger partial charge in [0.2, 0.25) is 0 Å². The van der Waals surface area contributed by atoms with Gasteiger partial charge in [-0.25, -0.2) is 4.79 Å². The van der Waals surface area contributed by atoms with Gasteiger partial charge in [-0.3, -0.25) is 4.98 Å². The predicted octanol–water partition coefficient (Wildman–Crippen LogP) is 3.99. The van der Waals surface area contributed by atoms with Gasteiger partial charge in [0.05, 0.1) is 11.3 Å². The summed E-state index contributed by atoms with van der Waals surface area (Å²) in [5.41, 5.74) is 2.71. The van der Waals surface area contributed by atoms with Crippen molar-refractivity contribution in [3.63, 3.8) is 0 Å². The molecule has 0 atom stereocenters. The van der Waals surface area contributed by atoms with Crippen molar-refractivity contribution < 1.29 is 9.90 Å². The number of carboxylic acid groups (broad SMARTS) is 1. The van der Waals surface area contributed by atoms with E-state index < -0.39 is 5.97 Å². The van der Waals surface area contributed by atoms with Crippen LogP contribution in [0.2, 0.25) is 0 Å². The first-order chi connectivity index (χ1) is 10.1. The van der Waals surface area contributed by atoms with E-state index in [2.05, 4.69) is 10.3 Å². The molecule has 0 aliphatic carbocycles. The van der Waals surface area contributed by atoms with Crippen LogP contribution in [-0.2, 0) is 0 Å². The van der Waals surface area contributed by atoms with Crippen LogP contribution in [0.15, 0.2) is 54.9 Å². The van der Waals surface area contributed by atoms with Gasteiger partial charge < -0.3 is 10.4 Å². The minimum Gasteiger partial charge on any atom is -0.478 e. The molecule has 0 radical (unpaired) electrons. The highest BCUT2D eigenvalue weighted by molar-refractivity contribution is 5.99. The lowest BCUT2D eigenvalue weighted by Gasteiger charge is -2.12. The predicted molar refractivity (Wildman–Crippen MR) is 83.2 cm³/mol. The van der Waals surface area contributed by atoms with Crippen molar-refractivity contribution in [1.29, 1.82) is 0 Å². The maximum Gasteiger partial charge on any atom is 0.337 e. The normalized spacial score (nSPS) is 10.5. The molecule has 0 aliphatic rings. The minimum atomic E-state index is -0.945. The Balaban J connectivity index is 2.11. The van der Waals surface area contributed by atoms with E-state index in [9.17, 15) is 9.90 Å². The number of fused-ring (bicyclic) bond motifs is 1. The Kier molecular flexibility index (Phi) is 3.28. The third-order valence-electron chi connectivity index (χ3n) is 3.36. The second-order valence-corrected chi connectivity index (χ2v) is 4.88. The summed E-state index contributed by atoms with van der Waals surface area (Å²) in [5.74, 6) is -0.945. The Bertz CT molecular complexity index is 823. The van der Waals surface area contributed by atoms with Gasteiger partial charge in [0.25, 0.3) is 0 Å². The number of hydrogen-bond acceptors (Lipinski definition) is 3. The van der Waals surface area contributed by atoms with Crippen LogP contribution in [0.3, 0.4) is 0 Å². The molecule has 0 spiro atoms. The number of carbonyl (C=O) groups is 1. The molecule has 1 aromatic heterocycles. The fourth-order valence-corrected chi connectivity index (χ4v) is 2.32. The zero-order chi connectivity index (χ0) is 14.8. The summed E-state index contributed by atoms with van der Waals surface area (Å²) in [6.45, 7) is 1.93. The molecule has 0 fully saturated rings. The lowest BCUT2D eigenvalue weighted by atomic mass is 10.1. The minimum absolute atomic E-state index is 0.256. The molecule has 2 N–H and O–H groups in total. The second-order valence-electron chi connectivity index (χ2n) is 4.88. The number of hydrogen-bond donors (Lipinski definition) is 2. The van der Waals surface area contributed by atoms with Crippen LogP contribution in [0.4, 0.5) is 11.4 Å². The number of nitrogens with one attached hydrogen (secondary N) is 1. The summed E-state index contributed by atoms with van der Waals surface area (Å²) < 4.78 is 0. The topological polar surface area (TPSA) is 62.2 Å². The Labute approximate surface area is 122 Å². The van der Waals surface area contributed by atoms with Crippen molar-refractivity contribution in [1.82, 2.24) is 4.98 Å². The molecule has 3 aromatic rings. The summed E-state index contributed by atoms with van der Waals surface area (Å²) in [5, 5.41) is 14.5. The van der Waals surface area contributed by atoms with Crippen molar-refractivity contribution in [3.05, 3.63) is 66.0 Å². The molecule has 0 saturated carbocycles. The number of nitrogens with zero attached hydrogens (tertiary/aromatic N) is 1. The highest BCUT2D eigenvalue weighted by atomic mass is 16.4. The first-order valence-electron chi connectivity index (χ1n) is 6.59. The molecule has 3 rings (SSSR count). The van der Waals surface area contributed by atoms with E-state index in [1.807, 2.05) is 37.3 Å². The van der Waals surface area contributed by atoms with E-state index in [1.165, 1.54) is 0 Å². The smallest absolute Gasteiger partial charge is 0.337 e. The van der Waals surface area contributed by atoms with E-state index in [1.54, 1.807) is 24.5 Å². The second kappa shape index (κ2) is 5.25. The Hall–Kier alpha value is -2.88. The number of benzene rings is 2. The van der Waals surface area contributed by atoms with Crippen molar-refractivity contribution in [3.8, 4) is 0 Å². The molecule has 0 saturated heterocycles. The molecule has 0 aliphatic heterocycles. The Morgan fingerprint density at radius 3 is 2.81 bits per heavy atom. The summed E-state index contributed by atoms with van der Waals surface area (Å²) in [4.78, 5) is 15.4. The quantitative estimate of drug-likeness (QED) is 0.760. The van der Waals surface area contributed by atoms with E-state index in [0.717, 1.165) is 22.0 Å². The van der Waals surface area contributed by atoms with E-state index in [-0.39, 0.29) is 5.56 Å². The van der Waals surface area contributed by atoms with Gasteiger partial charge in [0.15, 0.2) is 0 Å². The SMILES string of the molecule is Cc1ccc(C(=O)O)c(Nc2cccc3cnccc23)c1. The van der Waals surface area contributed by atoms with Crippen LogP contribution in [0.1, 0.15) is 15.9 Å². The maximum atomic E-state index is 11.3. The molecule has 4 heteroatoms. The van der Waals surface area contributed by atoms with Gasteiger partial charge in [-0.05, 0) is 36.8 Å². The lowest BCUT2D eigenvalue weighted by molar-refractivity contribution is 0.0698. The number of aryl methyl sites for hydroxylation is 1. The highest BCUT2D eigenvalue weighted by Gasteiger charge is 2.11. The number of carboxylic acids is 1. The third-order valence-corrected chi connectivity index (χ3v) is 3.36. The molecule has 21 heavy (non-hydrogen) atoms. The van der Waals surface area contributed by atoms with Crippen LogP contribution in [-0.4, -0.2) is 16.1 Å². The van der Waals surface area contributed by atoms with Crippen molar-refractivity contribution in [2.45, 2.75) is 6.92 Å². The van der Waals surface area contributed by atoms with Crippen molar-refractivity contribution in [2.75, 3.05) is 5.32 Å². The highest BCUT2D eigenvalue weighted by Crippen LogP contribution is 2.28. The summed E-state index contributed by atoms with van der Waals surface area (Å²) in [7, 11) is 0. The average molecular weight is 278 g/mol. The van der Waals surface area contributed by atoms with Crippen molar-refractivity contribution in [2.24, 2.45) is 0 Å². The van der Waals surface area contributed by atoms with Gasteiger partial charge in [0.1, 0.15) is 0 Å². The molecule has 1 heterocycles. The number of anilines is 2. The average Bonchev–Trinajstić information content (AvgIpc) is 2.47. The number of pyridine rings is 1. The fraction of sp³-hybridized carbons (Fsp3) is 0.0588. The number of aromatic carboxylic acids is 1. The summed E-state index contributed by atoms with van der Waals surface area (Å²) in [6.07, 6.45) is 3.51.